The van der Waals surface area contributed by atoms with Crippen LogP contribution < -0.4 is 10.6 Å². The van der Waals surface area contributed by atoms with Gasteiger partial charge in [0, 0.05) is 17.1 Å². The number of carbonyl (C=O) groups is 4. The predicted molar refractivity (Wildman–Crippen MR) is 126 cm³/mol. The Morgan fingerprint density at radius 2 is 1.86 bits per heavy atom. The first-order valence-corrected chi connectivity index (χ1v) is 11.2. The number of fused-ring (bicyclic) bond motifs is 1. The van der Waals surface area contributed by atoms with Crippen LogP contribution in [0.2, 0.25) is 0 Å². The van der Waals surface area contributed by atoms with E-state index in [0.29, 0.717) is 28.0 Å². The van der Waals surface area contributed by atoms with E-state index in [9.17, 15) is 19.2 Å². The number of ether oxygens (including phenoxy) is 3. The summed E-state index contributed by atoms with van der Waals surface area (Å²) in [5, 5.41) is 5.80. The second-order valence-corrected chi connectivity index (χ2v) is 7.93. The van der Waals surface area contributed by atoms with Gasteiger partial charge in [-0.25, -0.2) is 14.4 Å². The lowest BCUT2D eigenvalue weighted by Crippen LogP contribution is -2.47. The zero-order valence-electron chi connectivity index (χ0n) is 20.0. The molecule has 0 saturated heterocycles. The molecule has 0 saturated carbocycles. The average Bonchev–Trinajstić information content (AvgIpc) is 3.46. The number of furan rings is 1. The van der Waals surface area contributed by atoms with Crippen LogP contribution in [0.4, 0.5) is 4.79 Å². The lowest BCUT2D eigenvalue weighted by molar-refractivity contribution is -0.144. The Hall–Kier alpha value is -4.54. The molecule has 0 fully saturated rings. The first-order valence-electron chi connectivity index (χ1n) is 11.2. The van der Waals surface area contributed by atoms with Crippen molar-refractivity contribution in [1.82, 2.24) is 15.2 Å². The molecule has 36 heavy (non-hydrogen) atoms. The number of amides is 2. The van der Waals surface area contributed by atoms with Crippen molar-refractivity contribution in [2.45, 2.75) is 26.4 Å². The van der Waals surface area contributed by atoms with Gasteiger partial charge in [-0.2, -0.15) is 0 Å². The molecule has 1 atom stereocenters. The van der Waals surface area contributed by atoms with E-state index >= 15 is 0 Å². The highest BCUT2D eigenvalue weighted by Gasteiger charge is 2.36. The fraction of sp³-hybridized carbons (Fsp3) is 0.280. The summed E-state index contributed by atoms with van der Waals surface area (Å²) in [6, 6.07) is 8.91. The van der Waals surface area contributed by atoms with Gasteiger partial charge in [-0.05, 0) is 32.0 Å². The van der Waals surface area contributed by atoms with Gasteiger partial charge in [-0.3, -0.25) is 4.79 Å². The number of rotatable bonds is 8. The summed E-state index contributed by atoms with van der Waals surface area (Å²) >= 11 is 0. The molecule has 1 aliphatic heterocycles. The molecule has 3 aromatic rings. The summed E-state index contributed by atoms with van der Waals surface area (Å²) in [4.78, 5) is 50.0. The molecule has 0 spiro atoms. The highest BCUT2D eigenvalue weighted by molar-refractivity contribution is 6.04. The molecular weight excluding hydrogens is 470 g/mol. The van der Waals surface area contributed by atoms with Crippen molar-refractivity contribution in [2.24, 2.45) is 0 Å². The van der Waals surface area contributed by atoms with E-state index in [1.165, 1.54) is 13.3 Å². The lowest BCUT2D eigenvalue weighted by Gasteiger charge is -2.27. The lowest BCUT2D eigenvalue weighted by atomic mass is 10.0. The number of hydrogen-bond donors (Lipinski definition) is 2. The predicted octanol–water partition coefficient (Wildman–Crippen LogP) is 2.74. The molecule has 3 heterocycles. The monoisotopic (exact) mass is 495 g/mol. The number of benzene rings is 1. The minimum Gasteiger partial charge on any atom is -0.465 e. The Labute approximate surface area is 206 Å². The molecule has 2 N–H and O–H groups in total. The number of esters is 3. The van der Waals surface area contributed by atoms with Crippen LogP contribution in [0.3, 0.4) is 0 Å². The summed E-state index contributed by atoms with van der Waals surface area (Å²) in [6.07, 6.45) is 1.52. The third kappa shape index (κ3) is 4.95. The number of hydrogen-bond acceptors (Lipinski definition) is 8. The maximum atomic E-state index is 12.8. The third-order valence-corrected chi connectivity index (χ3v) is 5.57. The molecule has 11 nitrogen and oxygen atoms in total. The number of urea groups is 1. The van der Waals surface area contributed by atoms with Gasteiger partial charge in [-0.1, -0.05) is 18.2 Å². The van der Waals surface area contributed by atoms with Gasteiger partial charge in [0.15, 0.2) is 0 Å². The van der Waals surface area contributed by atoms with Crippen molar-refractivity contribution < 1.29 is 37.8 Å². The highest BCUT2D eigenvalue weighted by Crippen LogP contribution is 2.29. The normalized spacial score (nSPS) is 15.3. The van der Waals surface area contributed by atoms with E-state index in [0.717, 1.165) is 0 Å². The number of nitrogens with one attached hydrogen (secondary N) is 2. The smallest absolute Gasteiger partial charge is 0.340 e. The molecule has 11 heteroatoms. The van der Waals surface area contributed by atoms with Crippen molar-refractivity contribution in [1.29, 1.82) is 0 Å². The Kier molecular flexibility index (Phi) is 7.09. The minimum atomic E-state index is -0.920. The Bertz CT molecular complexity index is 1370. The topological polar surface area (TPSA) is 138 Å². The largest absolute Gasteiger partial charge is 0.465 e. The zero-order valence-corrected chi connectivity index (χ0v) is 20.0. The summed E-state index contributed by atoms with van der Waals surface area (Å²) in [5.41, 5.74) is 1.11. The second-order valence-electron chi connectivity index (χ2n) is 7.93. The van der Waals surface area contributed by atoms with E-state index in [-0.39, 0.29) is 31.0 Å². The van der Waals surface area contributed by atoms with Crippen molar-refractivity contribution in [2.75, 3.05) is 20.3 Å². The van der Waals surface area contributed by atoms with Crippen molar-refractivity contribution in [3.8, 4) is 0 Å². The number of para-hydroxylation sites is 1. The van der Waals surface area contributed by atoms with Crippen molar-refractivity contribution >= 4 is 34.8 Å². The van der Waals surface area contributed by atoms with Gasteiger partial charge >= 0.3 is 23.9 Å². The molecule has 188 valence electrons. The first kappa shape index (κ1) is 24.6. The van der Waals surface area contributed by atoms with Gasteiger partial charge in [0.2, 0.25) is 0 Å². The third-order valence-electron chi connectivity index (χ3n) is 5.57. The van der Waals surface area contributed by atoms with Gasteiger partial charge in [0.1, 0.15) is 30.7 Å². The summed E-state index contributed by atoms with van der Waals surface area (Å²) in [7, 11) is 1.28. The SMILES string of the molecule is CCOC(=O)C1=C(COC(=O)Cn2cc(C(=O)OC)c3ccccc32)NC(=O)N[C@H]1c1ccc(C)o1. The Balaban J connectivity index is 1.58. The van der Waals surface area contributed by atoms with Crippen LogP contribution in [0.15, 0.2) is 58.3 Å². The molecule has 2 aromatic heterocycles. The van der Waals surface area contributed by atoms with Crippen molar-refractivity contribution in [3.05, 3.63) is 70.9 Å². The van der Waals surface area contributed by atoms with E-state index in [2.05, 4.69) is 10.6 Å². The summed E-state index contributed by atoms with van der Waals surface area (Å²) in [5.74, 6) is -0.933. The van der Waals surface area contributed by atoms with Gasteiger partial charge in [-0.15, -0.1) is 0 Å². The number of carbonyl (C=O) groups excluding carboxylic acids is 4. The first-order chi connectivity index (χ1) is 17.3. The van der Waals surface area contributed by atoms with E-state index in [1.807, 2.05) is 0 Å². The summed E-state index contributed by atoms with van der Waals surface area (Å²) in [6.45, 7) is 2.89. The average molecular weight is 495 g/mol. The quantitative estimate of drug-likeness (QED) is 0.359. The van der Waals surface area contributed by atoms with Crippen molar-refractivity contribution in [3.63, 3.8) is 0 Å². The highest BCUT2D eigenvalue weighted by atomic mass is 16.5. The Morgan fingerprint density at radius 1 is 1.08 bits per heavy atom. The molecule has 0 bridgehead atoms. The van der Waals surface area contributed by atoms with Crippen LogP contribution >= 0.6 is 0 Å². The Morgan fingerprint density at radius 3 is 2.56 bits per heavy atom. The van der Waals surface area contributed by atoms with E-state index < -0.39 is 30.0 Å². The maximum Gasteiger partial charge on any atom is 0.340 e. The fourth-order valence-corrected chi connectivity index (χ4v) is 3.99. The van der Waals surface area contributed by atoms with Gasteiger partial charge < -0.3 is 33.8 Å². The molecule has 1 aromatic carbocycles. The summed E-state index contributed by atoms with van der Waals surface area (Å²) < 4.78 is 22.6. The van der Waals surface area contributed by atoms with Crippen LogP contribution in [-0.4, -0.2) is 48.8 Å². The fourth-order valence-electron chi connectivity index (χ4n) is 3.99. The van der Waals surface area contributed by atoms with Crippen LogP contribution in [0, 0.1) is 6.92 Å². The number of aromatic nitrogens is 1. The zero-order chi connectivity index (χ0) is 25.8. The maximum absolute atomic E-state index is 12.8. The van der Waals surface area contributed by atoms with Gasteiger partial charge in [0.25, 0.3) is 0 Å². The number of nitrogens with zero attached hydrogens (tertiary/aromatic N) is 1. The number of methoxy groups -OCH3 is 1. The standard InChI is InChI=1S/C25H25N3O8/c1-4-34-24(31)21-17(26-25(32)27-22(21)19-10-9-14(2)36-19)13-35-20(29)12-28-11-16(23(30)33-3)15-7-5-6-8-18(15)28/h5-11,22H,4,12-13H2,1-3H3,(H2,26,27,32)/t22-/m0/s1. The van der Waals surface area contributed by atoms with Crippen LogP contribution in [0.1, 0.15) is 34.8 Å². The molecule has 0 radical (unpaired) electrons. The van der Waals surface area contributed by atoms with E-state index in [4.69, 9.17) is 18.6 Å². The molecule has 0 aliphatic carbocycles. The molecule has 4 rings (SSSR count). The van der Waals surface area contributed by atoms with Gasteiger partial charge in [0.05, 0.1) is 30.6 Å². The van der Waals surface area contributed by atoms with Crippen LogP contribution in [0.25, 0.3) is 10.9 Å². The van der Waals surface area contributed by atoms with Crippen LogP contribution in [-0.2, 0) is 30.3 Å². The molecule has 1 aliphatic rings. The molecule has 0 unspecified atom stereocenters. The molecule has 2 amide bonds. The van der Waals surface area contributed by atoms with Crippen LogP contribution in [0.5, 0.6) is 0 Å². The number of aryl methyl sites for hydroxylation is 1. The second kappa shape index (κ2) is 10.4. The van der Waals surface area contributed by atoms with E-state index in [1.54, 1.807) is 54.8 Å². The molecular formula is C25H25N3O8. The minimum absolute atomic E-state index is 0.0676.